The SMILES string of the molecule is COc1cc(C#N)c(S)cc1I. The molecule has 0 atom stereocenters. The van der Waals surface area contributed by atoms with Crippen LogP contribution in [0.1, 0.15) is 5.56 Å². The van der Waals surface area contributed by atoms with Crippen molar-refractivity contribution in [3.05, 3.63) is 21.3 Å². The van der Waals surface area contributed by atoms with Gasteiger partial charge in [0.15, 0.2) is 0 Å². The van der Waals surface area contributed by atoms with Crippen LogP contribution >= 0.6 is 35.2 Å². The third-order valence-electron chi connectivity index (χ3n) is 1.39. The van der Waals surface area contributed by atoms with Crippen molar-refractivity contribution in [1.82, 2.24) is 0 Å². The van der Waals surface area contributed by atoms with Crippen molar-refractivity contribution >= 4 is 35.2 Å². The van der Waals surface area contributed by atoms with E-state index >= 15 is 0 Å². The first-order valence-corrected chi connectivity index (χ1v) is 4.68. The summed E-state index contributed by atoms with van der Waals surface area (Å²) in [5.74, 6) is 0.713. The van der Waals surface area contributed by atoms with Crippen LogP contribution in [0, 0.1) is 14.9 Å². The van der Waals surface area contributed by atoms with Gasteiger partial charge < -0.3 is 4.74 Å². The molecule has 0 saturated heterocycles. The van der Waals surface area contributed by atoms with Crippen LogP contribution < -0.4 is 4.74 Å². The van der Waals surface area contributed by atoms with E-state index in [0.29, 0.717) is 16.2 Å². The molecule has 1 aromatic carbocycles. The Morgan fingerprint density at radius 2 is 2.25 bits per heavy atom. The second-order valence-corrected chi connectivity index (χ2v) is 3.76. The van der Waals surface area contributed by atoms with Gasteiger partial charge in [0.2, 0.25) is 0 Å². The maximum atomic E-state index is 8.67. The van der Waals surface area contributed by atoms with E-state index in [1.54, 1.807) is 19.2 Å². The van der Waals surface area contributed by atoms with E-state index in [9.17, 15) is 0 Å². The van der Waals surface area contributed by atoms with Crippen LogP contribution in [0.2, 0.25) is 0 Å². The van der Waals surface area contributed by atoms with Gasteiger partial charge in [0.1, 0.15) is 11.8 Å². The molecule has 1 aromatic rings. The average molecular weight is 291 g/mol. The Morgan fingerprint density at radius 1 is 1.58 bits per heavy atom. The summed E-state index contributed by atoms with van der Waals surface area (Å²) in [5.41, 5.74) is 0.538. The molecule has 0 amide bonds. The Hall–Kier alpha value is -0.410. The summed E-state index contributed by atoms with van der Waals surface area (Å²) in [4.78, 5) is 0.683. The van der Waals surface area contributed by atoms with Crippen LogP contribution in [0.15, 0.2) is 17.0 Å². The fourth-order valence-electron chi connectivity index (χ4n) is 0.789. The summed E-state index contributed by atoms with van der Waals surface area (Å²) in [5, 5.41) is 8.67. The number of thiol groups is 1. The summed E-state index contributed by atoms with van der Waals surface area (Å²) in [6.45, 7) is 0. The first kappa shape index (κ1) is 9.68. The number of nitriles is 1. The molecule has 62 valence electrons. The lowest BCUT2D eigenvalue weighted by Crippen LogP contribution is -1.89. The van der Waals surface area contributed by atoms with E-state index in [4.69, 9.17) is 10.00 Å². The minimum atomic E-state index is 0.538. The molecule has 0 aromatic heterocycles. The zero-order valence-corrected chi connectivity index (χ0v) is 9.39. The quantitative estimate of drug-likeness (QED) is 0.637. The van der Waals surface area contributed by atoms with Crippen LogP contribution in [0.3, 0.4) is 0 Å². The van der Waals surface area contributed by atoms with Gasteiger partial charge in [-0.2, -0.15) is 5.26 Å². The molecule has 0 aliphatic heterocycles. The monoisotopic (exact) mass is 291 g/mol. The summed E-state index contributed by atoms with van der Waals surface area (Å²) in [7, 11) is 1.58. The molecule has 1 rings (SSSR count). The number of ether oxygens (including phenoxy) is 1. The molecule has 0 aliphatic carbocycles. The molecule has 0 aliphatic rings. The third kappa shape index (κ3) is 1.84. The fourth-order valence-corrected chi connectivity index (χ4v) is 1.97. The summed E-state index contributed by atoms with van der Waals surface area (Å²) in [6, 6.07) is 5.53. The van der Waals surface area contributed by atoms with Crippen LogP contribution in [-0.4, -0.2) is 7.11 Å². The molecule has 2 nitrogen and oxygen atoms in total. The van der Waals surface area contributed by atoms with E-state index in [-0.39, 0.29) is 0 Å². The number of nitrogens with zero attached hydrogens (tertiary/aromatic N) is 1. The van der Waals surface area contributed by atoms with E-state index in [0.717, 1.165) is 3.57 Å². The zero-order valence-electron chi connectivity index (χ0n) is 6.34. The van der Waals surface area contributed by atoms with Crippen LogP contribution in [0.4, 0.5) is 0 Å². The van der Waals surface area contributed by atoms with Crippen molar-refractivity contribution in [2.24, 2.45) is 0 Å². The minimum absolute atomic E-state index is 0.538. The van der Waals surface area contributed by atoms with Gasteiger partial charge in [0, 0.05) is 11.0 Å². The minimum Gasteiger partial charge on any atom is -0.496 e. The molecule has 0 spiro atoms. The number of benzene rings is 1. The molecular formula is C8H6INOS. The summed E-state index contributed by atoms with van der Waals surface area (Å²) >= 11 is 6.29. The highest BCUT2D eigenvalue weighted by atomic mass is 127. The average Bonchev–Trinajstić information content (AvgIpc) is 2.05. The van der Waals surface area contributed by atoms with Gasteiger partial charge in [-0.1, -0.05) is 0 Å². The highest BCUT2D eigenvalue weighted by Gasteiger charge is 2.04. The van der Waals surface area contributed by atoms with E-state index in [1.165, 1.54) is 0 Å². The lowest BCUT2D eigenvalue weighted by Gasteiger charge is -2.04. The smallest absolute Gasteiger partial charge is 0.133 e. The van der Waals surface area contributed by atoms with Gasteiger partial charge in [0.05, 0.1) is 16.2 Å². The van der Waals surface area contributed by atoms with Gasteiger partial charge in [-0.05, 0) is 28.7 Å². The van der Waals surface area contributed by atoms with Crippen LogP contribution in [0.25, 0.3) is 0 Å². The number of halogens is 1. The molecule has 0 heterocycles. The molecule has 0 fully saturated rings. The van der Waals surface area contributed by atoms with Gasteiger partial charge in [-0.15, -0.1) is 12.6 Å². The second kappa shape index (κ2) is 4.01. The Kier molecular flexibility index (Phi) is 3.23. The van der Waals surface area contributed by atoms with E-state index in [2.05, 4.69) is 35.2 Å². The second-order valence-electron chi connectivity index (χ2n) is 2.12. The van der Waals surface area contributed by atoms with Crippen molar-refractivity contribution in [3.63, 3.8) is 0 Å². The Morgan fingerprint density at radius 3 is 2.75 bits per heavy atom. The van der Waals surface area contributed by atoms with E-state index < -0.39 is 0 Å². The molecule has 4 heteroatoms. The number of rotatable bonds is 1. The van der Waals surface area contributed by atoms with Crippen molar-refractivity contribution in [3.8, 4) is 11.8 Å². The van der Waals surface area contributed by atoms with Crippen molar-refractivity contribution in [2.45, 2.75) is 4.90 Å². The zero-order chi connectivity index (χ0) is 9.14. The molecule has 0 unspecified atom stereocenters. The lowest BCUT2D eigenvalue weighted by atomic mass is 10.2. The van der Waals surface area contributed by atoms with Crippen molar-refractivity contribution in [1.29, 1.82) is 5.26 Å². The highest BCUT2D eigenvalue weighted by Crippen LogP contribution is 2.26. The Balaban J connectivity index is 3.30. The summed E-state index contributed by atoms with van der Waals surface area (Å²) < 4.78 is 6.01. The van der Waals surface area contributed by atoms with Gasteiger partial charge in [0.25, 0.3) is 0 Å². The Bertz CT molecular complexity index is 346. The first-order chi connectivity index (χ1) is 5.69. The van der Waals surface area contributed by atoms with Gasteiger partial charge in [-0.3, -0.25) is 0 Å². The number of methoxy groups -OCH3 is 1. The summed E-state index contributed by atoms with van der Waals surface area (Å²) in [6.07, 6.45) is 0. The van der Waals surface area contributed by atoms with E-state index in [1.807, 2.05) is 6.07 Å². The largest absolute Gasteiger partial charge is 0.496 e. The molecule has 0 bridgehead atoms. The maximum absolute atomic E-state index is 8.67. The van der Waals surface area contributed by atoms with Gasteiger partial charge in [-0.25, -0.2) is 0 Å². The lowest BCUT2D eigenvalue weighted by molar-refractivity contribution is 0.411. The van der Waals surface area contributed by atoms with Crippen LogP contribution in [-0.2, 0) is 0 Å². The van der Waals surface area contributed by atoms with Gasteiger partial charge >= 0.3 is 0 Å². The molecule has 12 heavy (non-hydrogen) atoms. The predicted molar refractivity (Wildman–Crippen MR) is 57.7 cm³/mol. The first-order valence-electron chi connectivity index (χ1n) is 3.15. The normalized spacial score (nSPS) is 9.17. The van der Waals surface area contributed by atoms with Crippen LogP contribution in [0.5, 0.6) is 5.75 Å². The fraction of sp³-hybridized carbons (Fsp3) is 0.125. The predicted octanol–water partition coefficient (Wildman–Crippen LogP) is 2.46. The highest BCUT2D eigenvalue weighted by molar-refractivity contribution is 14.1. The maximum Gasteiger partial charge on any atom is 0.133 e. The number of hydrogen-bond donors (Lipinski definition) is 1. The Labute approximate surface area is 90.1 Å². The standard InChI is InChI=1S/C8H6INOS/c1-11-7-2-5(4-10)8(12)3-6(7)9/h2-3,12H,1H3. The molecule has 0 radical (unpaired) electrons. The topological polar surface area (TPSA) is 33.0 Å². The molecule has 0 N–H and O–H groups in total. The molecular weight excluding hydrogens is 285 g/mol. The van der Waals surface area contributed by atoms with Crippen molar-refractivity contribution < 1.29 is 4.74 Å². The third-order valence-corrected chi connectivity index (χ3v) is 2.60. The molecule has 0 saturated carbocycles. The number of hydrogen-bond acceptors (Lipinski definition) is 3. The van der Waals surface area contributed by atoms with Crippen molar-refractivity contribution in [2.75, 3.05) is 7.11 Å².